The van der Waals surface area contributed by atoms with Crippen LogP contribution in [0.4, 0.5) is 0 Å². The first kappa shape index (κ1) is 15.5. The molecule has 0 bridgehead atoms. The van der Waals surface area contributed by atoms with Gasteiger partial charge in [-0.25, -0.2) is 0 Å². The molecule has 1 aliphatic heterocycles. The molecule has 5 nitrogen and oxygen atoms in total. The fourth-order valence-electron chi connectivity index (χ4n) is 2.78. The molecule has 5 heteroatoms. The Kier molecular flexibility index (Phi) is 4.83. The second-order valence-electron chi connectivity index (χ2n) is 6.45. The number of aromatic nitrogens is 2. The van der Waals surface area contributed by atoms with Crippen molar-refractivity contribution in [2.45, 2.75) is 58.4 Å². The zero-order valence-electron chi connectivity index (χ0n) is 13.2. The molecule has 0 saturated carbocycles. The van der Waals surface area contributed by atoms with Gasteiger partial charge >= 0.3 is 0 Å². The third kappa shape index (κ3) is 3.81. The molecule has 2 N–H and O–H groups in total. The molecule has 2 heterocycles. The first-order valence-electron chi connectivity index (χ1n) is 7.58. The second-order valence-corrected chi connectivity index (χ2v) is 6.45. The summed E-state index contributed by atoms with van der Waals surface area (Å²) in [5.41, 5.74) is 6.76. The van der Waals surface area contributed by atoms with Gasteiger partial charge in [-0.15, -0.1) is 0 Å². The van der Waals surface area contributed by atoms with E-state index >= 15 is 0 Å². The van der Waals surface area contributed by atoms with Crippen molar-refractivity contribution in [3.63, 3.8) is 0 Å². The molecule has 20 heavy (non-hydrogen) atoms. The lowest BCUT2D eigenvalue weighted by Crippen LogP contribution is -2.54. The number of morpholine rings is 1. The summed E-state index contributed by atoms with van der Waals surface area (Å²) in [7, 11) is 0. The van der Waals surface area contributed by atoms with Gasteiger partial charge in [0.25, 0.3) is 0 Å². The zero-order valence-corrected chi connectivity index (χ0v) is 13.2. The van der Waals surface area contributed by atoms with E-state index in [-0.39, 0.29) is 11.7 Å². The Morgan fingerprint density at radius 1 is 1.55 bits per heavy atom. The van der Waals surface area contributed by atoms with E-state index in [4.69, 9.17) is 10.5 Å². The number of ether oxygens (including phenoxy) is 1. The van der Waals surface area contributed by atoms with Crippen LogP contribution in [0.25, 0.3) is 0 Å². The first-order valence-corrected chi connectivity index (χ1v) is 7.58. The summed E-state index contributed by atoms with van der Waals surface area (Å²) < 4.78 is 8.02. The first-order chi connectivity index (χ1) is 9.43. The van der Waals surface area contributed by atoms with Gasteiger partial charge < -0.3 is 10.5 Å². The van der Waals surface area contributed by atoms with Gasteiger partial charge in [0.05, 0.1) is 17.4 Å². The number of nitrogens with zero attached hydrogens (tertiary/aromatic N) is 3. The van der Waals surface area contributed by atoms with E-state index in [0.717, 1.165) is 31.7 Å². The molecule has 1 aromatic rings. The van der Waals surface area contributed by atoms with Crippen LogP contribution in [0.3, 0.4) is 0 Å². The van der Waals surface area contributed by atoms with Gasteiger partial charge in [-0.3, -0.25) is 9.58 Å². The Balaban J connectivity index is 2.00. The molecule has 0 amide bonds. The Hall–Kier alpha value is -0.910. The smallest absolute Gasteiger partial charge is 0.0831 e. The summed E-state index contributed by atoms with van der Waals surface area (Å²) in [4.78, 5) is 2.39. The Morgan fingerprint density at radius 2 is 2.30 bits per heavy atom. The van der Waals surface area contributed by atoms with Crippen LogP contribution >= 0.6 is 0 Å². The number of hydrogen-bond acceptors (Lipinski definition) is 4. The monoisotopic (exact) mass is 280 g/mol. The summed E-state index contributed by atoms with van der Waals surface area (Å²) in [6, 6.07) is 2.58. The second kappa shape index (κ2) is 6.24. The van der Waals surface area contributed by atoms with Crippen molar-refractivity contribution in [3.05, 3.63) is 18.0 Å². The number of nitrogens with two attached hydrogens (primary N) is 1. The average Bonchev–Trinajstić information content (AvgIpc) is 2.84. The number of hydrogen-bond donors (Lipinski definition) is 1. The Morgan fingerprint density at radius 3 is 2.95 bits per heavy atom. The maximum atomic E-state index is 5.96. The normalized spacial score (nSPS) is 24.8. The highest BCUT2D eigenvalue weighted by Gasteiger charge is 2.32. The lowest BCUT2D eigenvalue weighted by atomic mass is 10.0. The fraction of sp³-hybridized carbons (Fsp3) is 0.800. The summed E-state index contributed by atoms with van der Waals surface area (Å²) >= 11 is 0. The molecule has 2 atom stereocenters. The summed E-state index contributed by atoms with van der Waals surface area (Å²) in [5, 5.41) is 4.68. The van der Waals surface area contributed by atoms with Crippen molar-refractivity contribution in [2.75, 3.05) is 19.6 Å². The summed E-state index contributed by atoms with van der Waals surface area (Å²) in [6.45, 7) is 11.9. The van der Waals surface area contributed by atoms with Crippen molar-refractivity contribution < 1.29 is 4.74 Å². The fourth-order valence-corrected chi connectivity index (χ4v) is 2.78. The van der Waals surface area contributed by atoms with E-state index in [1.165, 1.54) is 0 Å². The molecular weight excluding hydrogens is 252 g/mol. The van der Waals surface area contributed by atoms with E-state index in [9.17, 15) is 0 Å². The van der Waals surface area contributed by atoms with E-state index < -0.39 is 0 Å². The largest absolute Gasteiger partial charge is 0.368 e. The van der Waals surface area contributed by atoms with Crippen LogP contribution in [0.1, 0.15) is 45.9 Å². The molecular formula is C15H28N4O. The molecule has 114 valence electrons. The van der Waals surface area contributed by atoms with Gasteiger partial charge in [0.2, 0.25) is 0 Å². The molecule has 1 aromatic heterocycles. The molecule has 0 aromatic carbocycles. The van der Waals surface area contributed by atoms with Gasteiger partial charge in [0.1, 0.15) is 0 Å². The molecule has 0 radical (unpaired) electrons. The standard InChI is InChI=1S/C15H28N4O/c1-5-12(2)19-7-6-13(17-19)9-18-10-14(8-16)20-15(3,4)11-18/h6-7,12,14H,5,8-11,16H2,1-4H3. The van der Waals surface area contributed by atoms with Crippen LogP contribution in [-0.4, -0.2) is 46.0 Å². The lowest BCUT2D eigenvalue weighted by molar-refractivity contribution is -0.134. The molecule has 2 rings (SSSR count). The lowest BCUT2D eigenvalue weighted by Gasteiger charge is -2.42. The maximum Gasteiger partial charge on any atom is 0.0831 e. The zero-order chi connectivity index (χ0) is 14.8. The van der Waals surface area contributed by atoms with E-state index in [1.807, 2.05) is 0 Å². The minimum atomic E-state index is -0.137. The minimum absolute atomic E-state index is 0.121. The highest BCUT2D eigenvalue weighted by atomic mass is 16.5. The van der Waals surface area contributed by atoms with Crippen LogP contribution < -0.4 is 5.73 Å². The summed E-state index contributed by atoms with van der Waals surface area (Å²) in [6.07, 6.45) is 3.30. The summed E-state index contributed by atoms with van der Waals surface area (Å²) in [5.74, 6) is 0. The predicted octanol–water partition coefficient (Wildman–Crippen LogP) is 1.79. The van der Waals surface area contributed by atoms with Gasteiger partial charge in [0.15, 0.2) is 0 Å². The third-order valence-corrected chi connectivity index (χ3v) is 3.91. The van der Waals surface area contributed by atoms with Crippen molar-refractivity contribution >= 4 is 0 Å². The van der Waals surface area contributed by atoms with Crippen LogP contribution in [0, 0.1) is 0 Å². The van der Waals surface area contributed by atoms with Crippen LogP contribution in [0.5, 0.6) is 0 Å². The van der Waals surface area contributed by atoms with Crippen LogP contribution in [0.15, 0.2) is 12.3 Å². The quantitative estimate of drug-likeness (QED) is 0.893. The van der Waals surface area contributed by atoms with E-state index in [2.05, 4.69) is 54.6 Å². The van der Waals surface area contributed by atoms with E-state index in [1.54, 1.807) is 0 Å². The Bertz CT molecular complexity index is 429. The molecule has 2 unspecified atom stereocenters. The molecule has 1 saturated heterocycles. The third-order valence-electron chi connectivity index (χ3n) is 3.91. The van der Waals surface area contributed by atoms with Crippen molar-refractivity contribution in [1.29, 1.82) is 0 Å². The van der Waals surface area contributed by atoms with Crippen LogP contribution in [0.2, 0.25) is 0 Å². The van der Waals surface area contributed by atoms with Gasteiger partial charge in [0, 0.05) is 38.4 Å². The topological polar surface area (TPSA) is 56.3 Å². The minimum Gasteiger partial charge on any atom is -0.368 e. The molecule has 0 aliphatic carbocycles. The maximum absolute atomic E-state index is 5.96. The van der Waals surface area contributed by atoms with Crippen molar-refractivity contribution in [3.8, 4) is 0 Å². The van der Waals surface area contributed by atoms with Crippen LogP contribution in [-0.2, 0) is 11.3 Å². The SMILES string of the molecule is CCC(C)n1ccc(CN2CC(CN)OC(C)(C)C2)n1. The van der Waals surface area contributed by atoms with Gasteiger partial charge in [-0.2, -0.15) is 5.10 Å². The van der Waals surface area contributed by atoms with Gasteiger partial charge in [-0.1, -0.05) is 6.92 Å². The van der Waals surface area contributed by atoms with Crippen molar-refractivity contribution in [2.24, 2.45) is 5.73 Å². The highest BCUT2D eigenvalue weighted by Crippen LogP contribution is 2.22. The average molecular weight is 280 g/mol. The van der Waals surface area contributed by atoms with E-state index in [0.29, 0.717) is 12.6 Å². The van der Waals surface area contributed by atoms with Gasteiger partial charge in [-0.05, 0) is 33.3 Å². The van der Waals surface area contributed by atoms with Crippen molar-refractivity contribution in [1.82, 2.24) is 14.7 Å². The predicted molar refractivity (Wildman–Crippen MR) is 80.5 cm³/mol. The molecule has 1 fully saturated rings. The Labute approximate surface area is 122 Å². The molecule has 0 spiro atoms. The molecule has 1 aliphatic rings. The number of rotatable bonds is 5. The highest BCUT2D eigenvalue weighted by molar-refractivity contribution is 5.01.